The van der Waals surface area contributed by atoms with Gasteiger partial charge < -0.3 is 9.88 Å². The molecule has 0 atom stereocenters. The molecule has 6 nitrogen and oxygen atoms in total. The molecule has 120 valence electrons. The lowest BCUT2D eigenvalue weighted by atomic mass is 9.69. The minimum absolute atomic E-state index is 0.171. The highest BCUT2D eigenvalue weighted by Gasteiger charge is 2.43. The van der Waals surface area contributed by atoms with Gasteiger partial charge in [0.1, 0.15) is 11.6 Å². The Morgan fingerprint density at radius 3 is 2.74 bits per heavy atom. The molecule has 4 rings (SSSR count). The summed E-state index contributed by atoms with van der Waals surface area (Å²) < 4.78 is 0. The Balaban J connectivity index is 1.67. The molecule has 1 aliphatic heterocycles. The Morgan fingerprint density at radius 1 is 1.35 bits per heavy atom. The molecule has 1 aliphatic carbocycles. The smallest absolute Gasteiger partial charge is 0.209 e. The van der Waals surface area contributed by atoms with E-state index in [0.29, 0.717) is 24.5 Å². The van der Waals surface area contributed by atoms with Crippen LogP contribution in [0.1, 0.15) is 49.9 Å². The Labute approximate surface area is 134 Å². The molecule has 2 fully saturated rings. The van der Waals surface area contributed by atoms with Crippen molar-refractivity contribution in [1.82, 2.24) is 19.9 Å². The number of fused-ring (bicyclic) bond motifs is 1. The summed E-state index contributed by atoms with van der Waals surface area (Å²) in [7, 11) is 0. The van der Waals surface area contributed by atoms with E-state index >= 15 is 0 Å². The first-order valence-electron chi connectivity index (χ1n) is 8.15. The molecular weight excluding hydrogens is 292 g/mol. The van der Waals surface area contributed by atoms with Crippen LogP contribution < -0.4 is 0 Å². The number of likely N-dealkylation sites (tertiary alicyclic amines) is 1. The number of ketones is 1. The van der Waals surface area contributed by atoms with E-state index in [-0.39, 0.29) is 5.41 Å². The zero-order chi connectivity index (χ0) is 16.0. The topological polar surface area (TPSA) is 79.0 Å². The van der Waals surface area contributed by atoms with Crippen molar-refractivity contribution in [2.75, 3.05) is 13.1 Å². The third-order valence-electron chi connectivity index (χ3n) is 5.29. The van der Waals surface area contributed by atoms with Gasteiger partial charge in [-0.05, 0) is 30.4 Å². The Hall–Kier alpha value is -2.24. The van der Waals surface area contributed by atoms with Gasteiger partial charge in [-0.15, -0.1) is 0 Å². The normalized spacial score (nSPS) is 21.4. The van der Waals surface area contributed by atoms with Crippen molar-refractivity contribution in [3.63, 3.8) is 0 Å². The molecule has 6 heteroatoms. The molecule has 23 heavy (non-hydrogen) atoms. The molecule has 0 radical (unpaired) electrons. The molecule has 2 aromatic rings. The maximum absolute atomic E-state index is 11.4. The number of hydrogen-bond acceptors (Lipinski definition) is 4. The number of carbonyl (C=O) groups excluding carboxylic acids is 2. The van der Waals surface area contributed by atoms with Crippen molar-refractivity contribution in [2.45, 2.75) is 43.9 Å². The molecule has 1 N–H and O–H groups in total. The molecule has 0 spiro atoms. The molecule has 2 aromatic heterocycles. The Bertz CT molecular complexity index is 766. The summed E-state index contributed by atoms with van der Waals surface area (Å²) in [5.74, 6) is 1.58. The highest BCUT2D eigenvalue weighted by Crippen LogP contribution is 2.40. The average molecular weight is 312 g/mol. The van der Waals surface area contributed by atoms with Gasteiger partial charge in [-0.1, -0.05) is 6.92 Å². The number of nitrogens with zero attached hydrogens (tertiary/aromatic N) is 3. The molecule has 0 unspecified atom stereocenters. The number of pyridine rings is 1. The monoisotopic (exact) mass is 312 g/mol. The molecule has 1 saturated heterocycles. The van der Waals surface area contributed by atoms with Gasteiger partial charge in [-0.25, -0.2) is 9.97 Å². The van der Waals surface area contributed by atoms with Crippen LogP contribution in [0.25, 0.3) is 11.2 Å². The van der Waals surface area contributed by atoms with Crippen molar-refractivity contribution < 1.29 is 9.59 Å². The molecule has 1 amide bonds. The first kappa shape index (κ1) is 14.4. The second kappa shape index (κ2) is 5.15. The number of aromatic nitrogens is 3. The second-order valence-corrected chi connectivity index (χ2v) is 7.05. The van der Waals surface area contributed by atoms with Gasteiger partial charge in [0.25, 0.3) is 0 Å². The molecule has 0 aromatic carbocycles. The number of rotatable bonds is 3. The average Bonchev–Trinajstić information content (AvgIpc) is 2.98. The second-order valence-electron chi connectivity index (χ2n) is 7.05. The predicted octanol–water partition coefficient (Wildman–Crippen LogP) is 1.91. The van der Waals surface area contributed by atoms with Gasteiger partial charge >= 0.3 is 0 Å². The van der Waals surface area contributed by atoms with Crippen LogP contribution in [0.2, 0.25) is 0 Å². The lowest BCUT2D eigenvalue weighted by Crippen LogP contribution is -2.39. The molecule has 0 bridgehead atoms. The number of nitrogens with one attached hydrogen (secondary N) is 1. The van der Waals surface area contributed by atoms with E-state index < -0.39 is 0 Å². The Kier molecular flexibility index (Phi) is 3.21. The predicted molar refractivity (Wildman–Crippen MR) is 85.1 cm³/mol. The first-order chi connectivity index (χ1) is 11.1. The summed E-state index contributed by atoms with van der Waals surface area (Å²) in [4.78, 5) is 36.5. The van der Waals surface area contributed by atoms with E-state index in [1.807, 2.05) is 11.1 Å². The molecule has 1 saturated carbocycles. The third kappa shape index (κ3) is 2.33. The van der Waals surface area contributed by atoms with Crippen LogP contribution in [0, 0.1) is 0 Å². The van der Waals surface area contributed by atoms with Crippen molar-refractivity contribution >= 4 is 23.4 Å². The summed E-state index contributed by atoms with van der Waals surface area (Å²) >= 11 is 0. The maximum Gasteiger partial charge on any atom is 0.209 e. The number of Topliss-reactive ketones (excluding diaryl/α,β-unsaturated/α-hetero) is 1. The first-order valence-corrected chi connectivity index (χ1v) is 8.15. The fourth-order valence-electron chi connectivity index (χ4n) is 3.86. The highest BCUT2D eigenvalue weighted by atomic mass is 16.1. The van der Waals surface area contributed by atoms with Gasteiger partial charge in [0.05, 0.1) is 5.52 Å². The van der Waals surface area contributed by atoms with E-state index in [9.17, 15) is 9.59 Å². The SMILES string of the molecule is CC1(c2nc3nccc(C4CCN(C=O)CC4)c3[nH]2)CC(=O)C1. The van der Waals surface area contributed by atoms with Crippen molar-refractivity contribution in [1.29, 1.82) is 0 Å². The Morgan fingerprint density at radius 2 is 2.09 bits per heavy atom. The van der Waals surface area contributed by atoms with Crippen LogP contribution in [0.5, 0.6) is 0 Å². The summed E-state index contributed by atoms with van der Waals surface area (Å²) in [5, 5.41) is 0. The van der Waals surface area contributed by atoms with E-state index in [1.54, 1.807) is 0 Å². The van der Waals surface area contributed by atoms with Crippen LogP contribution in [-0.4, -0.2) is 45.1 Å². The summed E-state index contributed by atoms with van der Waals surface area (Å²) in [6, 6.07) is 2.06. The van der Waals surface area contributed by atoms with Crippen LogP contribution in [0.4, 0.5) is 0 Å². The van der Waals surface area contributed by atoms with Crippen LogP contribution in [0.3, 0.4) is 0 Å². The fourth-order valence-corrected chi connectivity index (χ4v) is 3.86. The van der Waals surface area contributed by atoms with Crippen molar-refractivity contribution in [3.8, 4) is 0 Å². The number of carbonyl (C=O) groups is 2. The number of amides is 1. The van der Waals surface area contributed by atoms with Gasteiger partial charge in [-0.2, -0.15) is 0 Å². The maximum atomic E-state index is 11.4. The van der Waals surface area contributed by atoms with Gasteiger partial charge in [0.2, 0.25) is 6.41 Å². The number of imidazole rings is 1. The van der Waals surface area contributed by atoms with Crippen molar-refractivity contribution in [2.24, 2.45) is 0 Å². The summed E-state index contributed by atoms with van der Waals surface area (Å²) in [6.45, 7) is 3.67. The van der Waals surface area contributed by atoms with E-state index in [0.717, 1.165) is 49.3 Å². The largest absolute Gasteiger partial charge is 0.345 e. The van der Waals surface area contributed by atoms with E-state index in [4.69, 9.17) is 0 Å². The standard InChI is InChI=1S/C17H20N4O2/c1-17(8-12(23)9-17)16-19-14-13(2-5-18-15(14)20-16)11-3-6-21(10-22)7-4-11/h2,5,10-11H,3-4,6-9H2,1H3,(H,18,19,20). The molecule has 3 heterocycles. The minimum Gasteiger partial charge on any atom is -0.345 e. The van der Waals surface area contributed by atoms with Crippen LogP contribution >= 0.6 is 0 Å². The van der Waals surface area contributed by atoms with Gasteiger partial charge in [0, 0.05) is 37.5 Å². The van der Waals surface area contributed by atoms with Gasteiger partial charge in [-0.3, -0.25) is 9.59 Å². The highest BCUT2D eigenvalue weighted by molar-refractivity contribution is 5.88. The lowest BCUT2D eigenvalue weighted by Gasteiger charge is -2.34. The zero-order valence-corrected chi connectivity index (χ0v) is 13.2. The summed E-state index contributed by atoms with van der Waals surface area (Å²) in [6.07, 6.45) is 5.77. The number of H-pyrrole nitrogens is 1. The lowest BCUT2D eigenvalue weighted by molar-refractivity contribution is -0.128. The quantitative estimate of drug-likeness (QED) is 0.878. The molecule has 2 aliphatic rings. The van der Waals surface area contributed by atoms with Crippen LogP contribution in [-0.2, 0) is 15.0 Å². The third-order valence-corrected chi connectivity index (χ3v) is 5.29. The minimum atomic E-state index is -0.171. The number of aromatic amines is 1. The number of hydrogen-bond donors (Lipinski definition) is 1. The van der Waals surface area contributed by atoms with E-state index in [1.165, 1.54) is 5.56 Å². The van der Waals surface area contributed by atoms with E-state index in [2.05, 4.69) is 27.9 Å². The molecular formula is C17H20N4O2. The van der Waals surface area contributed by atoms with Crippen molar-refractivity contribution in [3.05, 3.63) is 23.7 Å². The number of piperidine rings is 1. The zero-order valence-electron chi connectivity index (χ0n) is 13.2. The fraction of sp³-hybridized carbons (Fsp3) is 0.529. The van der Waals surface area contributed by atoms with Gasteiger partial charge in [0.15, 0.2) is 5.65 Å². The van der Waals surface area contributed by atoms with Crippen LogP contribution in [0.15, 0.2) is 12.3 Å². The summed E-state index contributed by atoms with van der Waals surface area (Å²) in [5.41, 5.74) is 2.78.